The molecule has 0 spiro atoms. The number of aromatic amines is 1. The van der Waals surface area contributed by atoms with Gasteiger partial charge in [-0.15, -0.1) is 5.10 Å². The summed E-state index contributed by atoms with van der Waals surface area (Å²) in [5.74, 6) is 0.321. The summed E-state index contributed by atoms with van der Waals surface area (Å²) >= 11 is 5.06. The predicted octanol–water partition coefficient (Wildman–Crippen LogP) is 1.10. The Morgan fingerprint density at radius 3 is 2.65 bits per heavy atom. The van der Waals surface area contributed by atoms with Gasteiger partial charge in [-0.3, -0.25) is 9.36 Å². The maximum Gasteiger partial charge on any atom is 0.245 e. The molecule has 1 aromatic rings. The van der Waals surface area contributed by atoms with Crippen molar-refractivity contribution in [3.05, 3.63) is 4.77 Å². The predicted molar refractivity (Wildman–Crippen MR) is 67.0 cm³/mol. The second-order valence-electron chi connectivity index (χ2n) is 4.32. The van der Waals surface area contributed by atoms with E-state index in [9.17, 15) is 4.79 Å². The number of piperidine rings is 1. The van der Waals surface area contributed by atoms with Gasteiger partial charge in [0.1, 0.15) is 6.04 Å². The molecule has 3 N–H and O–H groups in total. The van der Waals surface area contributed by atoms with Gasteiger partial charge in [0.05, 0.1) is 0 Å². The summed E-state index contributed by atoms with van der Waals surface area (Å²) in [6.45, 7) is 3.46. The highest BCUT2D eigenvalue weighted by molar-refractivity contribution is 7.71. The Kier molecular flexibility index (Phi) is 3.46. The number of hydrogen-bond donors (Lipinski definition) is 2. The fraction of sp³-hybridized carbons (Fsp3) is 0.700. The van der Waals surface area contributed by atoms with E-state index in [4.69, 9.17) is 18.0 Å². The van der Waals surface area contributed by atoms with Gasteiger partial charge < -0.3 is 10.6 Å². The molecule has 1 aromatic heterocycles. The first kappa shape index (κ1) is 12.1. The van der Waals surface area contributed by atoms with Crippen LogP contribution in [0.5, 0.6) is 0 Å². The van der Waals surface area contributed by atoms with Crippen molar-refractivity contribution in [3.63, 3.8) is 0 Å². The first-order valence-electron chi connectivity index (χ1n) is 5.82. The molecule has 17 heavy (non-hydrogen) atoms. The van der Waals surface area contributed by atoms with E-state index in [2.05, 4.69) is 10.2 Å². The normalized spacial score (nSPS) is 18.1. The summed E-state index contributed by atoms with van der Waals surface area (Å²) in [5.41, 5.74) is 5.69. The zero-order chi connectivity index (χ0) is 12.4. The number of carbonyl (C=O) groups excluding carboxylic acids is 1. The van der Waals surface area contributed by atoms with Crippen LogP contribution in [0.4, 0.5) is 5.95 Å². The van der Waals surface area contributed by atoms with Gasteiger partial charge in [-0.05, 0) is 38.4 Å². The molecule has 2 rings (SSSR count). The van der Waals surface area contributed by atoms with Crippen molar-refractivity contribution in [1.82, 2.24) is 19.7 Å². The number of nitrogens with two attached hydrogens (primary N) is 1. The first-order chi connectivity index (χ1) is 8.11. The Hall–Kier alpha value is -1.37. The average Bonchev–Trinajstić information content (AvgIpc) is 2.68. The molecule has 2 heterocycles. The van der Waals surface area contributed by atoms with Gasteiger partial charge in [-0.1, -0.05) is 0 Å². The minimum Gasteiger partial charge on any atom is -0.368 e. The third-order valence-corrected chi connectivity index (χ3v) is 3.43. The molecule has 0 aromatic carbocycles. The molecule has 0 saturated carbocycles. The number of rotatable bonds is 2. The number of carbonyl (C=O) groups is 1. The molecular weight excluding hydrogens is 238 g/mol. The van der Waals surface area contributed by atoms with Crippen molar-refractivity contribution in [2.45, 2.75) is 32.2 Å². The topological polar surface area (TPSA) is 79.9 Å². The second-order valence-corrected chi connectivity index (χ2v) is 4.71. The van der Waals surface area contributed by atoms with Crippen LogP contribution in [0.1, 0.15) is 32.2 Å². The summed E-state index contributed by atoms with van der Waals surface area (Å²) in [6, 6.07) is -0.389. The van der Waals surface area contributed by atoms with Gasteiger partial charge in [-0.25, -0.2) is 5.10 Å². The molecule has 1 aliphatic heterocycles. The number of nitrogens with one attached hydrogen (secondary N) is 1. The number of aromatic nitrogens is 3. The highest BCUT2D eigenvalue weighted by Crippen LogP contribution is 2.17. The second kappa shape index (κ2) is 4.87. The SMILES string of the molecule is CC(C(=O)N1CCCCC1)n1c(N)n[nH]c1=S. The van der Waals surface area contributed by atoms with Crippen molar-refractivity contribution < 1.29 is 4.79 Å². The van der Waals surface area contributed by atoms with Gasteiger partial charge >= 0.3 is 0 Å². The smallest absolute Gasteiger partial charge is 0.245 e. The van der Waals surface area contributed by atoms with E-state index in [-0.39, 0.29) is 17.9 Å². The molecule has 6 nitrogen and oxygen atoms in total. The average molecular weight is 255 g/mol. The molecule has 0 bridgehead atoms. The molecule has 1 atom stereocenters. The van der Waals surface area contributed by atoms with E-state index in [1.807, 2.05) is 4.90 Å². The molecular formula is C10H17N5OS. The monoisotopic (exact) mass is 255 g/mol. The number of nitrogen functional groups attached to an aromatic ring is 1. The standard InChI is InChI=1S/C10H17N5OS/c1-7(15-9(11)12-13-10(15)17)8(16)14-5-3-2-4-6-14/h7H,2-6H2,1H3,(H2,11,12)(H,13,17). The van der Waals surface area contributed by atoms with E-state index in [0.29, 0.717) is 4.77 Å². The summed E-state index contributed by atoms with van der Waals surface area (Å²) in [7, 11) is 0. The fourth-order valence-corrected chi connectivity index (χ4v) is 2.48. The van der Waals surface area contributed by atoms with Crippen LogP contribution in [0.25, 0.3) is 0 Å². The van der Waals surface area contributed by atoms with Crippen molar-refractivity contribution in [1.29, 1.82) is 0 Å². The highest BCUT2D eigenvalue weighted by Gasteiger charge is 2.25. The lowest BCUT2D eigenvalue weighted by atomic mass is 10.1. The van der Waals surface area contributed by atoms with Crippen molar-refractivity contribution >= 4 is 24.1 Å². The van der Waals surface area contributed by atoms with E-state index < -0.39 is 0 Å². The molecule has 1 aliphatic rings. The Balaban J connectivity index is 2.17. The Labute approximate surface area is 105 Å². The number of amides is 1. The molecule has 94 valence electrons. The van der Waals surface area contributed by atoms with E-state index in [0.717, 1.165) is 25.9 Å². The van der Waals surface area contributed by atoms with Crippen LogP contribution in [-0.4, -0.2) is 38.7 Å². The molecule has 7 heteroatoms. The van der Waals surface area contributed by atoms with Crippen LogP contribution in [-0.2, 0) is 4.79 Å². The Bertz CT molecular complexity index is 460. The van der Waals surface area contributed by atoms with Crippen LogP contribution in [0.2, 0.25) is 0 Å². The maximum absolute atomic E-state index is 12.3. The van der Waals surface area contributed by atoms with Crippen molar-refractivity contribution in [2.75, 3.05) is 18.8 Å². The summed E-state index contributed by atoms with van der Waals surface area (Å²) < 4.78 is 1.95. The zero-order valence-corrected chi connectivity index (χ0v) is 10.7. The van der Waals surface area contributed by atoms with E-state index >= 15 is 0 Å². The first-order valence-corrected chi connectivity index (χ1v) is 6.23. The van der Waals surface area contributed by atoms with Gasteiger partial charge in [-0.2, -0.15) is 0 Å². The van der Waals surface area contributed by atoms with Gasteiger partial charge in [0.25, 0.3) is 0 Å². The Morgan fingerprint density at radius 2 is 2.12 bits per heavy atom. The van der Waals surface area contributed by atoms with E-state index in [1.165, 1.54) is 6.42 Å². The van der Waals surface area contributed by atoms with Crippen LogP contribution >= 0.6 is 12.2 Å². The fourth-order valence-electron chi connectivity index (χ4n) is 2.18. The van der Waals surface area contributed by atoms with Crippen molar-refractivity contribution in [3.8, 4) is 0 Å². The Morgan fingerprint density at radius 1 is 1.47 bits per heavy atom. The van der Waals surface area contributed by atoms with E-state index in [1.54, 1.807) is 11.5 Å². The van der Waals surface area contributed by atoms with Crippen LogP contribution in [0, 0.1) is 4.77 Å². The molecule has 1 saturated heterocycles. The zero-order valence-electron chi connectivity index (χ0n) is 9.85. The molecule has 0 aliphatic carbocycles. The number of nitrogens with zero attached hydrogens (tertiary/aromatic N) is 3. The lowest BCUT2D eigenvalue weighted by Gasteiger charge is -2.29. The molecule has 0 radical (unpaired) electrons. The molecule has 1 unspecified atom stereocenters. The quantitative estimate of drug-likeness (QED) is 0.775. The summed E-state index contributed by atoms with van der Waals surface area (Å²) in [6.07, 6.45) is 3.35. The molecule has 1 amide bonds. The highest BCUT2D eigenvalue weighted by atomic mass is 32.1. The lowest BCUT2D eigenvalue weighted by molar-refractivity contribution is -0.135. The van der Waals surface area contributed by atoms with Crippen LogP contribution in [0.15, 0.2) is 0 Å². The molecule has 1 fully saturated rings. The minimum absolute atomic E-state index is 0.0638. The number of H-pyrrole nitrogens is 1. The number of likely N-dealkylation sites (tertiary alicyclic amines) is 1. The van der Waals surface area contributed by atoms with Crippen molar-refractivity contribution in [2.24, 2.45) is 0 Å². The van der Waals surface area contributed by atoms with Crippen LogP contribution < -0.4 is 5.73 Å². The maximum atomic E-state index is 12.3. The third kappa shape index (κ3) is 2.33. The number of hydrogen-bond acceptors (Lipinski definition) is 4. The van der Waals surface area contributed by atoms with Crippen LogP contribution in [0.3, 0.4) is 0 Å². The number of anilines is 1. The minimum atomic E-state index is -0.389. The lowest BCUT2D eigenvalue weighted by Crippen LogP contribution is -2.39. The van der Waals surface area contributed by atoms with Gasteiger partial charge in [0, 0.05) is 13.1 Å². The third-order valence-electron chi connectivity index (χ3n) is 3.14. The summed E-state index contributed by atoms with van der Waals surface area (Å²) in [4.78, 5) is 14.1. The summed E-state index contributed by atoms with van der Waals surface area (Å²) in [5, 5.41) is 6.41. The largest absolute Gasteiger partial charge is 0.368 e. The van der Waals surface area contributed by atoms with Gasteiger partial charge in [0.2, 0.25) is 11.9 Å². The van der Waals surface area contributed by atoms with Gasteiger partial charge in [0.15, 0.2) is 4.77 Å².